The molecule has 0 aliphatic heterocycles. The molecule has 1 saturated carbocycles. The van der Waals surface area contributed by atoms with Gasteiger partial charge in [-0.15, -0.1) is 0 Å². The smallest absolute Gasteiger partial charge is 0.141 e. The molecule has 16 heavy (non-hydrogen) atoms. The van der Waals surface area contributed by atoms with Crippen molar-refractivity contribution in [3.63, 3.8) is 0 Å². The van der Waals surface area contributed by atoms with Crippen molar-refractivity contribution in [3.05, 3.63) is 16.0 Å². The maximum atomic E-state index is 5.92. The molecule has 3 nitrogen and oxygen atoms in total. The summed E-state index contributed by atoms with van der Waals surface area (Å²) in [5.74, 6) is 2.09. The molecule has 0 atom stereocenters. The second-order valence-corrected chi connectivity index (χ2v) is 5.25. The fourth-order valence-corrected chi connectivity index (χ4v) is 2.68. The van der Waals surface area contributed by atoms with Gasteiger partial charge in [-0.25, -0.2) is 9.97 Å². The van der Waals surface area contributed by atoms with Crippen molar-refractivity contribution in [2.75, 3.05) is 5.73 Å². The lowest BCUT2D eigenvalue weighted by Crippen LogP contribution is -2.08. The fraction of sp³-hybridized carbons (Fsp3) is 0.667. The first kappa shape index (κ1) is 11.8. The summed E-state index contributed by atoms with van der Waals surface area (Å²) in [6, 6.07) is 0. The van der Waals surface area contributed by atoms with Gasteiger partial charge >= 0.3 is 0 Å². The van der Waals surface area contributed by atoms with Crippen LogP contribution < -0.4 is 5.73 Å². The van der Waals surface area contributed by atoms with Crippen molar-refractivity contribution in [3.8, 4) is 0 Å². The van der Waals surface area contributed by atoms with Crippen molar-refractivity contribution < 1.29 is 0 Å². The highest BCUT2D eigenvalue weighted by atomic mass is 79.9. The molecule has 0 saturated heterocycles. The van der Waals surface area contributed by atoms with Gasteiger partial charge in [-0.1, -0.05) is 26.2 Å². The molecule has 1 aliphatic rings. The average Bonchev–Trinajstić information content (AvgIpc) is 2.78. The van der Waals surface area contributed by atoms with Crippen LogP contribution in [0.25, 0.3) is 0 Å². The van der Waals surface area contributed by atoms with Crippen LogP contribution in [-0.4, -0.2) is 9.97 Å². The van der Waals surface area contributed by atoms with Crippen molar-refractivity contribution in [1.29, 1.82) is 0 Å². The summed E-state index contributed by atoms with van der Waals surface area (Å²) in [6.45, 7) is 2.15. The predicted octanol–water partition coefficient (Wildman–Crippen LogP) is 3.43. The van der Waals surface area contributed by atoms with Gasteiger partial charge in [-0.2, -0.15) is 0 Å². The molecule has 88 valence electrons. The Morgan fingerprint density at radius 3 is 2.62 bits per heavy atom. The molecule has 0 amide bonds. The van der Waals surface area contributed by atoms with Crippen molar-refractivity contribution in [2.24, 2.45) is 0 Å². The summed E-state index contributed by atoms with van der Waals surface area (Å²) >= 11 is 3.47. The Kier molecular flexibility index (Phi) is 3.79. The molecule has 1 fully saturated rings. The number of hydrogen-bond acceptors (Lipinski definition) is 3. The monoisotopic (exact) mass is 283 g/mol. The van der Waals surface area contributed by atoms with E-state index in [0.717, 1.165) is 28.8 Å². The van der Waals surface area contributed by atoms with Crippen LogP contribution >= 0.6 is 15.9 Å². The molecule has 2 rings (SSSR count). The van der Waals surface area contributed by atoms with Gasteiger partial charge in [-0.05, 0) is 35.2 Å². The average molecular weight is 284 g/mol. The van der Waals surface area contributed by atoms with Gasteiger partial charge in [0.15, 0.2) is 0 Å². The van der Waals surface area contributed by atoms with Crippen LogP contribution in [0.1, 0.15) is 56.5 Å². The molecule has 1 aliphatic carbocycles. The second-order valence-electron chi connectivity index (χ2n) is 4.46. The molecule has 0 aromatic carbocycles. The number of nitrogen functional groups attached to an aromatic ring is 1. The minimum absolute atomic E-state index is 0.533. The summed E-state index contributed by atoms with van der Waals surface area (Å²) < 4.78 is 0.885. The zero-order valence-corrected chi connectivity index (χ0v) is 11.3. The quantitative estimate of drug-likeness (QED) is 0.925. The molecule has 1 aromatic rings. The lowest BCUT2D eigenvalue weighted by Gasteiger charge is -2.12. The number of aromatic nitrogens is 2. The van der Waals surface area contributed by atoms with E-state index >= 15 is 0 Å². The van der Waals surface area contributed by atoms with Crippen LogP contribution in [0.15, 0.2) is 4.47 Å². The predicted molar refractivity (Wildman–Crippen MR) is 69.3 cm³/mol. The number of rotatable bonds is 3. The summed E-state index contributed by atoms with van der Waals surface area (Å²) in [5.41, 5.74) is 6.99. The van der Waals surface area contributed by atoms with Crippen LogP contribution in [0.2, 0.25) is 0 Å². The standard InChI is InChI=1S/C12H18BrN3/c1-2-5-9-10(13)11(14)16-12(15-9)8-6-3-4-7-8/h8H,2-7H2,1H3,(H2,14,15,16). The Bertz CT molecular complexity index is 373. The van der Waals surface area contributed by atoms with E-state index in [-0.39, 0.29) is 0 Å². The van der Waals surface area contributed by atoms with Crippen molar-refractivity contribution >= 4 is 21.7 Å². The zero-order chi connectivity index (χ0) is 11.5. The molecular weight excluding hydrogens is 266 g/mol. The molecule has 0 spiro atoms. The van der Waals surface area contributed by atoms with E-state index in [4.69, 9.17) is 5.73 Å². The first-order valence-corrected chi connectivity index (χ1v) is 6.83. The number of halogens is 1. The first-order valence-electron chi connectivity index (χ1n) is 6.04. The summed E-state index contributed by atoms with van der Waals surface area (Å²) in [7, 11) is 0. The largest absolute Gasteiger partial charge is 0.383 e. The Morgan fingerprint density at radius 1 is 1.31 bits per heavy atom. The topological polar surface area (TPSA) is 51.8 Å². The third-order valence-electron chi connectivity index (χ3n) is 3.17. The Hall–Kier alpha value is -0.640. The van der Waals surface area contributed by atoms with E-state index in [9.17, 15) is 0 Å². The Labute approximate surface area is 105 Å². The normalized spacial score (nSPS) is 16.9. The molecule has 0 bridgehead atoms. The molecule has 0 radical (unpaired) electrons. The van der Waals surface area contributed by atoms with E-state index in [1.807, 2.05) is 0 Å². The fourth-order valence-electron chi connectivity index (χ4n) is 2.30. The minimum atomic E-state index is 0.533. The SMILES string of the molecule is CCCc1nc(C2CCCC2)nc(N)c1Br. The van der Waals surface area contributed by atoms with Gasteiger partial charge in [0, 0.05) is 5.92 Å². The van der Waals surface area contributed by atoms with Gasteiger partial charge in [0.25, 0.3) is 0 Å². The lowest BCUT2D eigenvalue weighted by atomic mass is 10.1. The highest BCUT2D eigenvalue weighted by Gasteiger charge is 2.21. The zero-order valence-electron chi connectivity index (χ0n) is 9.67. The number of aryl methyl sites for hydroxylation is 1. The van der Waals surface area contributed by atoms with Gasteiger partial charge < -0.3 is 5.73 Å². The van der Waals surface area contributed by atoms with E-state index in [2.05, 4.69) is 32.8 Å². The molecular formula is C12H18BrN3. The van der Waals surface area contributed by atoms with E-state index in [0.29, 0.717) is 11.7 Å². The van der Waals surface area contributed by atoms with Crippen LogP contribution in [0, 0.1) is 0 Å². The third-order valence-corrected chi connectivity index (χ3v) is 4.03. The number of nitrogens with two attached hydrogens (primary N) is 1. The maximum absolute atomic E-state index is 5.92. The van der Waals surface area contributed by atoms with Crippen LogP contribution in [-0.2, 0) is 6.42 Å². The van der Waals surface area contributed by atoms with Gasteiger partial charge in [0.1, 0.15) is 11.6 Å². The molecule has 4 heteroatoms. The van der Waals surface area contributed by atoms with Crippen molar-refractivity contribution in [1.82, 2.24) is 9.97 Å². The molecule has 1 aromatic heterocycles. The van der Waals surface area contributed by atoms with Crippen LogP contribution in [0.4, 0.5) is 5.82 Å². The number of anilines is 1. The summed E-state index contributed by atoms with van der Waals surface area (Å²) in [4.78, 5) is 9.08. The van der Waals surface area contributed by atoms with Gasteiger partial charge in [-0.3, -0.25) is 0 Å². The van der Waals surface area contributed by atoms with Crippen LogP contribution in [0.3, 0.4) is 0 Å². The van der Waals surface area contributed by atoms with Crippen molar-refractivity contribution in [2.45, 2.75) is 51.4 Å². The lowest BCUT2D eigenvalue weighted by molar-refractivity contribution is 0.658. The highest BCUT2D eigenvalue weighted by molar-refractivity contribution is 9.10. The third kappa shape index (κ3) is 2.37. The summed E-state index contributed by atoms with van der Waals surface area (Å²) in [5, 5.41) is 0. The maximum Gasteiger partial charge on any atom is 0.141 e. The Morgan fingerprint density at radius 2 is 2.00 bits per heavy atom. The minimum Gasteiger partial charge on any atom is -0.383 e. The van der Waals surface area contributed by atoms with E-state index in [1.165, 1.54) is 25.7 Å². The number of nitrogens with zero attached hydrogens (tertiary/aromatic N) is 2. The molecule has 2 N–H and O–H groups in total. The van der Waals surface area contributed by atoms with E-state index < -0.39 is 0 Å². The van der Waals surface area contributed by atoms with E-state index in [1.54, 1.807) is 0 Å². The number of hydrogen-bond donors (Lipinski definition) is 1. The molecule has 0 unspecified atom stereocenters. The Balaban J connectivity index is 2.31. The van der Waals surface area contributed by atoms with Crippen LogP contribution in [0.5, 0.6) is 0 Å². The highest BCUT2D eigenvalue weighted by Crippen LogP contribution is 2.34. The van der Waals surface area contributed by atoms with Gasteiger partial charge in [0.05, 0.1) is 10.2 Å². The first-order chi connectivity index (χ1) is 7.72. The van der Waals surface area contributed by atoms with Gasteiger partial charge in [0.2, 0.25) is 0 Å². The second kappa shape index (κ2) is 5.13. The molecule has 1 heterocycles. The summed E-state index contributed by atoms with van der Waals surface area (Å²) in [6.07, 6.45) is 7.08.